The van der Waals surface area contributed by atoms with Crippen LogP contribution in [0.2, 0.25) is 0 Å². The number of carbonyl (C=O) groups excluding carboxylic acids is 1. The van der Waals surface area contributed by atoms with Crippen molar-refractivity contribution in [2.24, 2.45) is 0 Å². The Morgan fingerprint density at radius 3 is 2.25 bits per heavy atom. The predicted molar refractivity (Wildman–Crippen MR) is 107 cm³/mol. The van der Waals surface area contributed by atoms with E-state index in [0.717, 1.165) is 0 Å². The van der Waals surface area contributed by atoms with Crippen molar-refractivity contribution in [3.8, 4) is 11.5 Å². The Kier molecular flexibility index (Phi) is 5.96. The van der Waals surface area contributed by atoms with Crippen LogP contribution in [0.1, 0.15) is 52.0 Å². The summed E-state index contributed by atoms with van der Waals surface area (Å²) >= 11 is 0. The van der Waals surface area contributed by atoms with Crippen LogP contribution in [0.25, 0.3) is 0 Å². The second-order valence-corrected chi connectivity index (χ2v) is 10.1. The molecule has 2 aromatic rings. The minimum absolute atomic E-state index is 0.0959. The van der Waals surface area contributed by atoms with Crippen LogP contribution in [0.3, 0.4) is 0 Å². The summed E-state index contributed by atoms with van der Waals surface area (Å²) in [5.41, 5.74) is -0.604. The molecule has 0 fully saturated rings. The molecule has 1 N–H and O–H groups in total. The molecule has 0 radical (unpaired) electrons. The molecule has 1 aromatic carbocycles. The largest absolute Gasteiger partial charge is 0.495 e. The van der Waals surface area contributed by atoms with E-state index < -0.39 is 21.5 Å². The summed E-state index contributed by atoms with van der Waals surface area (Å²) in [5.74, 6) is -0.298. The van der Waals surface area contributed by atoms with E-state index >= 15 is 0 Å². The Hall–Kier alpha value is -2.32. The Labute approximate surface area is 166 Å². The number of sulfonamides is 1. The van der Waals surface area contributed by atoms with Gasteiger partial charge in [-0.25, -0.2) is 17.9 Å². The highest BCUT2D eigenvalue weighted by Gasteiger charge is 2.27. The molecule has 0 bridgehead atoms. The van der Waals surface area contributed by atoms with Gasteiger partial charge < -0.3 is 14.0 Å². The first-order chi connectivity index (χ1) is 12.7. The lowest BCUT2D eigenvalue weighted by molar-refractivity contribution is 0.0716. The fraction of sp³-hybridized carbons (Fsp3) is 0.450. The molecule has 0 saturated carbocycles. The van der Waals surface area contributed by atoms with Gasteiger partial charge in [0.05, 0.1) is 7.11 Å². The van der Waals surface area contributed by atoms with Crippen molar-refractivity contribution in [1.82, 2.24) is 9.29 Å². The average molecular weight is 409 g/mol. The highest BCUT2D eigenvalue weighted by molar-refractivity contribution is 7.89. The molecule has 0 unspecified atom stereocenters. The van der Waals surface area contributed by atoms with Crippen molar-refractivity contribution >= 4 is 16.0 Å². The van der Waals surface area contributed by atoms with E-state index in [-0.39, 0.29) is 21.9 Å². The number of ether oxygens (including phenoxy) is 2. The molecule has 0 aliphatic rings. The van der Waals surface area contributed by atoms with Crippen LogP contribution in [0.5, 0.6) is 11.5 Å². The van der Waals surface area contributed by atoms with Gasteiger partial charge in [-0.05, 0) is 65.8 Å². The van der Waals surface area contributed by atoms with Crippen LogP contribution in [-0.2, 0) is 15.6 Å². The number of esters is 1. The molecular formula is C20H28N2O5S. The maximum atomic E-state index is 12.7. The first-order valence-electron chi connectivity index (χ1n) is 8.87. The van der Waals surface area contributed by atoms with Crippen LogP contribution < -0.4 is 14.2 Å². The standard InChI is InChI=1S/C20H28N2O5S/c1-19(2,3)21-28(24,25)17-13-14(10-11-16(17)26-7)27-18(23)15-9-8-12-22(15)20(4,5)6/h8-13,21H,1-7H3. The molecule has 0 aliphatic heterocycles. The molecule has 2 rings (SSSR count). The zero-order chi connectivity index (χ0) is 21.3. The monoisotopic (exact) mass is 408 g/mol. The second-order valence-electron chi connectivity index (χ2n) is 8.49. The molecule has 0 saturated heterocycles. The van der Waals surface area contributed by atoms with E-state index in [1.807, 2.05) is 20.8 Å². The minimum Gasteiger partial charge on any atom is -0.495 e. The number of hydrogen-bond acceptors (Lipinski definition) is 5. The van der Waals surface area contributed by atoms with Crippen LogP contribution in [-0.4, -0.2) is 31.6 Å². The van der Waals surface area contributed by atoms with E-state index in [0.29, 0.717) is 5.69 Å². The molecule has 0 amide bonds. The number of nitrogens with one attached hydrogen (secondary N) is 1. The number of benzene rings is 1. The van der Waals surface area contributed by atoms with Crippen molar-refractivity contribution in [1.29, 1.82) is 0 Å². The average Bonchev–Trinajstić information content (AvgIpc) is 3.02. The van der Waals surface area contributed by atoms with Crippen LogP contribution in [0.15, 0.2) is 41.4 Å². The number of hydrogen-bond donors (Lipinski definition) is 1. The summed E-state index contributed by atoms with van der Waals surface area (Å²) in [6, 6.07) is 7.67. The summed E-state index contributed by atoms with van der Waals surface area (Å²) < 4.78 is 40.5. The summed E-state index contributed by atoms with van der Waals surface area (Å²) in [6.45, 7) is 11.1. The van der Waals surface area contributed by atoms with Gasteiger partial charge in [0.15, 0.2) is 0 Å². The molecule has 0 spiro atoms. The topological polar surface area (TPSA) is 86.6 Å². The lowest BCUT2D eigenvalue weighted by Crippen LogP contribution is -2.40. The SMILES string of the molecule is COc1ccc(OC(=O)c2cccn2C(C)(C)C)cc1S(=O)(=O)NC(C)(C)C. The Morgan fingerprint density at radius 1 is 1.07 bits per heavy atom. The molecule has 7 nitrogen and oxygen atoms in total. The highest BCUT2D eigenvalue weighted by atomic mass is 32.2. The van der Waals surface area contributed by atoms with E-state index in [9.17, 15) is 13.2 Å². The third kappa shape index (κ3) is 5.14. The number of methoxy groups -OCH3 is 1. The normalized spacial score (nSPS) is 12.7. The third-order valence-electron chi connectivity index (χ3n) is 3.76. The van der Waals surface area contributed by atoms with Gasteiger partial charge in [-0.15, -0.1) is 0 Å². The summed E-state index contributed by atoms with van der Waals surface area (Å²) in [7, 11) is -2.49. The van der Waals surface area contributed by atoms with E-state index in [1.54, 1.807) is 43.7 Å². The van der Waals surface area contributed by atoms with Crippen LogP contribution >= 0.6 is 0 Å². The third-order valence-corrected chi connectivity index (χ3v) is 5.54. The first kappa shape index (κ1) is 22.0. The zero-order valence-corrected chi connectivity index (χ0v) is 18.2. The molecule has 154 valence electrons. The summed E-state index contributed by atoms with van der Waals surface area (Å²) in [4.78, 5) is 12.6. The Bertz CT molecular complexity index is 963. The minimum atomic E-state index is -3.88. The molecule has 1 aromatic heterocycles. The lowest BCUT2D eigenvalue weighted by atomic mass is 10.1. The van der Waals surface area contributed by atoms with Gasteiger partial charge in [0.2, 0.25) is 10.0 Å². The highest BCUT2D eigenvalue weighted by Crippen LogP contribution is 2.30. The summed E-state index contributed by atoms with van der Waals surface area (Å²) in [6.07, 6.45) is 1.80. The molecule has 28 heavy (non-hydrogen) atoms. The smallest absolute Gasteiger partial charge is 0.360 e. The van der Waals surface area contributed by atoms with Gasteiger partial charge in [0, 0.05) is 23.3 Å². The van der Waals surface area contributed by atoms with Crippen LogP contribution in [0, 0.1) is 0 Å². The molecule has 0 atom stereocenters. The molecular weight excluding hydrogens is 380 g/mol. The molecule has 8 heteroatoms. The molecule has 1 heterocycles. The van der Waals surface area contributed by atoms with Crippen LogP contribution in [0.4, 0.5) is 0 Å². The fourth-order valence-corrected chi connectivity index (χ4v) is 4.28. The Balaban J connectivity index is 2.39. The van der Waals surface area contributed by atoms with Crippen molar-refractivity contribution in [2.75, 3.05) is 7.11 Å². The van der Waals surface area contributed by atoms with Gasteiger partial charge in [-0.3, -0.25) is 0 Å². The number of nitrogens with zero attached hydrogens (tertiary/aromatic N) is 1. The maximum Gasteiger partial charge on any atom is 0.360 e. The van der Waals surface area contributed by atoms with Gasteiger partial charge in [0.1, 0.15) is 22.1 Å². The Morgan fingerprint density at radius 2 is 1.71 bits per heavy atom. The predicted octanol–water partition coefficient (Wildman–Crippen LogP) is 3.55. The van der Waals surface area contributed by atoms with E-state index in [4.69, 9.17) is 9.47 Å². The van der Waals surface area contributed by atoms with Gasteiger partial charge >= 0.3 is 5.97 Å². The van der Waals surface area contributed by atoms with E-state index in [2.05, 4.69) is 4.72 Å². The van der Waals surface area contributed by atoms with Crippen molar-refractivity contribution < 1.29 is 22.7 Å². The van der Waals surface area contributed by atoms with E-state index in [1.165, 1.54) is 25.3 Å². The first-order valence-corrected chi connectivity index (χ1v) is 10.3. The van der Waals surface area contributed by atoms with Gasteiger partial charge in [0.25, 0.3) is 0 Å². The van der Waals surface area contributed by atoms with Gasteiger partial charge in [-0.2, -0.15) is 0 Å². The molecule has 0 aliphatic carbocycles. The van der Waals surface area contributed by atoms with Crippen molar-refractivity contribution in [3.05, 3.63) is 42.2 Å². The lowest BCUT2D eigenvalue weighted by Gasteiger charge is -2.24. The van der Waals surface area contributed by atoms with Crippen molar-refractivity contribution in [3.63, 3.8) is 0 Å². The summed E-state index contributed by atoms with van der Waals surface area (Å²) in [5, 5.41) is 0. The fourth-order valence-electron chi connectivity index (χ4n) is 2.68. The zero-order valence-electron chi connectivity index (χ0n) is 17.4. The number of aromatic nitrogens is 1. The van der Waals surface area contributed by atoms with Gasteiger partial charge in [-0.1, -0.05) is 0 Å². The number of carbonyl (C=O) groups is 1. The maximum absolute atomic E-state index is 12.7. The quantitative estimate of drug-likeness (QED) is 0.604. The second kappa shape index (κ2) is 7.60. The van der Waals surface area contributed by atoms with Crippen molar-refractivity contribution in [2.45, 2.75) is 57.5 Å². The number of rotatable bonds is 5.